The normalized spacial score (nSPS) is 26.9. The smallest absolute Gasteiger partial charge is 0.0379 e. The lowest BCUT2D eigenvalue weighted by Crippen LogP contribution is -2.38. The minimum absolute atomic E-state index is 0.357. The van der Waals surface area contributed by atoms with Crippen molar-refractivity contribution >= 4 is 0 Å². The standard InChI is InChI=1S/C18H27N/c1-18(2)13-14-9-7-8-12-16(14)17(18)19-15-10-5-3-4-6-11-15/h7-9,12,15,17,19H,3-6,10-11,13H2,1-2H3. The van der Waals surface area contributed by atoms with Gasteiger partial charge in [0.2, 0.25) is 0 Å². The minimum atomic E-state index is 0.357. The summed E-state index contributed by atoms with van der Waals surface area (Å²) in [7, 11) is 0. The average Bonchev–Trinajstić information content (AvgIpc) is 2.57. The first-order valence-electron chi connectivity index (χ1n) is 8.01. The highest BCUT2D eigenvalue weighted by atomic mass is 15.0. The first kappa shape index (κ1) is 13.2. The summed E-state index contributed by atoms with van der Waals surface area (Å²) in [5, 5.41) is 4.00. The highest BCUT2D eigenvalue weighted by Gasteiger charge is 2.39. The van der Waals surface area contributed by atoms with Gasteiger partial charge in [0.15, 0.2) is 0 Å². The van der Waals surface area contributed by atoms with Gasteiger partial charge in [-0.05, 0) is 35.8 Å². The van der Waals surface area contributed by atoms with Gasteiger partial charge in [-0.2, -0.15) is 0 Å². The quantitative estimate of drug-likeness (QED) is 0.762. The molecule has 1 N–H and O–H groups in total. The number of fused-ring (bicyclic) bond motifs is 1. The monoisotopic (exact) mass is 257 g/mol. The number of benzene rings is 1. The lowest BCUT2D eigenvalue weighted by molar-refractivity contribution is 0.239. The van der Waals surface area contributed by atoms with Crippen LogP contribution in [0.1, 0.15) is 69.5 Å². The van der Waals surface area contributed by atoms with Crippen molar-refractivity contribution in [2.24, 2.45) is 5.41 Å². The van der Waals surface area contributed by atoms with Crippen LogP contribution in [-0.4, -0.2) is 6.04 Å². The van der Waals surface area contributed by atoms with Gasteiger partial charge in [-0.25, -0.2) is 0 Å². The Bertz CT molecular complexity index is 427. The van der Waals surface area contributed by atoms with Gasteiger partial charge >= 0.3 is 0 Å². The van der Waals surface area contributed by atoms with Crippen LogP contribution in [0.4, 0.5) is 0 Å². The summed E-state index contributed by atoms with van der Waals surface area (Å²) in [6, 6.07) is 10.3. The second kappa shape index (κ2) is 5.28. The Morgan fingerprint density at radius 3 is 2.42 bits per heavy atom. The van der Waals surface area contributed by atoms with Gasteiger partial charge in [-0.15, -0.1) is 0 Å². The fourth-order valence-corrected chi connectivity index (χ4v) is 3.99. The van der Waals surface area contributed by atoms with E-state index >= 15 is 0 Å². The first-order valence-corrected chi connectivity index (χ1v) is 8.01. The van der Waals surface area contributed by atoms with E-state index in [1.807, 2.05) is 0 Å². The highest BCUT2D eigenvalue weighted by Crippen LogP contribution is 2.45. The number of nitrogens with one attached hydrogen (secondary N) is 1. The molecular weight excluding hydrogens is 230 g/mol. The third-order valence-electron chi connectivity index (χ3n) is 5.05. The van der Waals surface area contributed by atoms with Crippen LogP contribution in [0.2, 0.25) is 0 Å². The van der Waals surface area contributed by atoms with E-state index in [0.29, 0.717) is 11.5 Å². The Labute approximate surface area is 117 Å². The lowest BCUT2D eigenvalue weighted by Gasteiger charge is -2.32. The van der Waals surface area contributed by atoms with Crippen LogP contribution in [0.5, 0.6) is 0 Å². The maximum Gasteiger partial charge on any atom is 0.0379 e. The van der Waals surface area contributed by atoms with Crippen molar-refractivity contribution < 1.29 is 0 Å². The maximum atomic E-state index is 4.00. The summed E-state index contributed by atoms with van der Waals surface area (Å²) in [5.41, 5.74) is 3.46. The van der Waals surface area contributed by atoms with Crippen molar-refractivity contribution in [3.8, 4) is 0 Å². The number of rotatable bonds is 2. The highest BCUT2D eigenvalue weighted by molar-refractivity contribution is 5.37. The molecule has 1 fully saturated rings. The van der Waals surface area contributed by atoms with Gasteiger partial charge in [-0.3, -0.25) is 0 Å². The second-order valence-corrected chi connectivity index (χ2v) is 7.15. The summed E-state index contributed by atoms with van der Waals surface area (Å²) < 4.78 is 0. The molecule has 0 amide bonds. The molecule has 0 aliphatic heterocycles. The number of hydrogen-bond acceptors (Lipinski definition) is 1. The van der Waals surface area contributed by atoms with Crippen LogP contribution < -0.4 is 5.32 Å². The van der Waals surface area contributed by atoms with E-state index in [0.717, 1.165) is 6.04 Å². The Balaban J connectivity index is 1.78. The second-order valence-electron chi connectivity index (χ2n) is 7.15. The molecule has 3 rings (SSSR count). The zero-order valence-corrected chi connectivity index (χ0v) is 12.4. The van der Waals surface area contributed by atoms with E-state index in [1.54, 1.807) is 11.1 Å². The molecule has 1 nitrogen and oxygen atoms in total. The van der Waals surface area contributed by atoms with Crippen LogP contribution in [0.25, 0.3) is 0 Å². The van der Waals surface area contributed by atoms with Gasteiger partial charge in [-0.1, -0.05) is 63.8 Å². The SMILES string of the molecule is CC1(C)Cc2ccccc2C1NC1CCCCCC1. The topological polar surface area (TPSA) is 12.0 Å². The van der Waals surface area contributed by atoms with Crippen LogP contribution in [0.3, 0.4) is 0 Å². The zero-order chi connectivity index (χ0) is 13.3. The Kier molecular flexibility index (Phi) is 3.66. The number of hydrogen-bond donors (Lipinski definition) is 1. The van der Waals surface area contributed by atoms with Crippen molar-refractivity contribution in [3.63, 3.8) is 0 Å². The predicted molar refractivity (Wildman–Crippen MR) is 81.3 cm³/mol. The molecule has 19 heavy (non-hydrogen) atoms. The van der Waals surface area contributed by atoms with Gasteiger partial charge in [0.25, 0.3) is 0 Å². The van der Waals surface area contributed by atoms with E-state index in [1.165, 1.54) is 44.9 Å². The molecule has 0 radical (unpaired) electrons. The molecule has 1 unspecified atom stereocenters. The van der Waals surface area contributed by atoms with E-state index in [2.05, 4.69) is 43.4 Å². The van der Waals surface area contributed by atoms with E-state index in [9.17, 15) is 0 Å². The molecule has 1 aromatic carbocycles. The molecule has 0 saturated heterocycles. The fraction of sp³-hybridized carbons (Fsp3) is 0.667. The molecule has 2 aliphatic rings. The molecule has 0 heterocycles. The predicted octanol–water partition coefficient (Wildman–Crippen LogP) is 4.62. The van der Waals surface area contributed by atoms with Crippen LogP contribution in [0.15, 0.2) is 24.3 Å². The lowest BCUT2D eigenvalue weighted by atomic mass is 9.84. The molecule has 104 valence electrons. The molecular formula is C18H27N. The third kappa shape index (κ3) is 2.72. The minimum Gasteiger partial charge on any atom is -0.307 e. The Morgan fingerprint density at radius 1 is 1.00 bits per heavy atom. The van der Waals surface area contributed by atoms with Crippen molar-refractivity contribution in [2.45, 2.75) is 70.9 Å². The largest absolute Gasteiger partial charge is 0.307 e. The van der Waals surface area contributed by atoms with Gasteiger partial charge in [0, 0.05) is 12.1 Å². The van der Waals surface area contributed by atoms with Crippen LogP contribution >= 0.6 is 0 Å². The van der Waals surface area contributed by atoms with Crippen molar-refractivity contribution in [1.82, 2.24) is 5.32 Å². The molecule has 1 saturated carbocycles. The third-order valence-corrected chi connectivity index (χ3v) is 5.05. The van der Waals surface area contributed by atoms with Gasteiger partial charge < -0.3 is 5.32 Å². The molecule has 0 aromatic heterocycles. The first-order chi connectivity index (χ1) is 9.17. The van der Waals surface area contributed by atoms with Gasteiger partial charge in [0.1, 0.15) is 0 Å². The van der Waals surface area contributed by atoms with Crippen molar-refractivity contribution in [2.75, 3.05) is 0 Å². The fourth-order valence-electron chi connectivity index (χ4n) is 3.99. The summed E-state index contributed by atoms with van der Waals surface area (Å²) in [6.07, 6.45) is 9.64. The maximum absolute atomic E-state index is 4.00. The van der Waals surface area contributed by atoms with Gasteiger partial charge in [0.05, 0.1) is 0 Å². The van der Waals surface area contributed by atoms with E-state index in [4.69, 9.17) is 0 Å². The van der Waals surface area contributed by atoms with E-state index in [-0.39, 0.29) is 0 Å². The zero-order valence-electron chi connectivity index (χ0n) is 12.4. The Morgan fingerprint density at radius 2 is 1.68 bits per heavy atom. The molecule has 0 bridgehead atoms. The van der Waals surface area contributed by atoms with Crippen LogP contribution in [-0.2, 0) is 6.42 Å². The molecule has 0 spiro atoms. The Hall–Kier alpha value is -0.820. The molecule has 2 aliphatic carbocycles. The summed E-state index contributed by atoms with van der Waals surface area (Å²) in [6.45, 7) is 4.84. The molecule has 1 aromatic rings. The summed E-state index contributed by atoms with van der Waals surface area (Å²) in [4.78, 5) is 0. The molecule has 1 atom stereocenters. The van der Waals surface area contributed by atoms with E-state index < -0.39 is 0 Å². The van der Waals surface area contributed by atoms with Crippen molar-refractivity contribution in [1.29, 1.82) is 0 Å². The molecule has 1 heteroatoms. The van der Waals surface area contributed by atoms with Crippen LogP contribution in [0, 0.1) is 5.41 Å². The summed E-state index contributed by atoms with van der Waals surface area (Å²) in [5.74, 6) is 0. The average molecular weight is 257 g/mol. The van der Waals surface area contributed by atoms with Crippen molar-refractivity contribution in [3.05, 3.63) is 35.4 Å². The summed E-state index contributed by atoms with van der Waals surface area (Å²) >= 11 is 0.